The predicted molar refractivity (Wildman–Crippen MR) is 229 cm³/mol. The number of nitrogens with one attached hydrogen (secondary N) is 4. The molecule has 0 unspecified atom stereocenters. The van der Waals surface area contributed by atoms with Gasteiger partial charge >= 0.3 is 11.9 Å². The number of carbonyl (C=O) groups excluding carboxylic acids is 7. The molecule has 0 bridgehead atoms. The lowest BCUT2D eigenvalue weighted by molar-refractivity contribution is -0.179. The number of primary amides is 1. The summed E-state index contributed by atoms with van der Waals surface area (Å²) < 4.78 is 16.6. The number of hydrogen-bond donors (Lipinski definition) is 5. The Bertz CT molecular complexity index is 2010. The highest BCUT2D eigenvalue weighted by molar-refractivity contribution is 5.99. The number of rotatable bonds is 18. The molecule has 0 aromatic heterocycles. The monoisotopic (exact) mass is 843 g/mol. The molecule has 4 rings (SSSR count). The standard InChI is InChI=1S/C46H61N5O10/c1-29(52)49-35(27-30-20-22-33(23-21-30)59-38(41(56)60-44(2,3)4)42(57)61-45(5,6)7)40(55)51-46(24-11-8-12-25-46)43(58)50-36(28-37(47)53)39(54)48-26-14-18-32-17-13-16-31-15-9-10-19-34(31)32/h9-10,13,15-17,19-23,35-36,38H,8,11-12,14,18,24-28H2,1-7H3,(H2,47,53)(H,48,54)(H,49,52)(H,50,58)(H,51,55)/t35-,36-/m0/s1. The molecule has 3 aromatic rings. The quantitative estimate of drug-likeness (QED) is 0.0696. The van der Waals surface area contributed by atoms with Crippen molar-refractivity contribution in [1.29, 1.82) is 0 Å². The van der Waals surface area contributed by atoms with Gasteiger partial charge in [0.05, 0.1) is 6.42 Å². The topological polar surface area (TPSA) is 221 Å². The van der Waals surface area contributed by atoms with Crippen LogP contribution in [-0.4, -0.2) is 82.9 Å². The molecule has 15 heteroatoms. The molecule has 0 heterocycles. The van der Waals surface area contributed by atoms with Crippen LogP contribution >= 0.6 is 0 Å². The van der Waals surface area contributed by atoms with Crippen LogP contribution in [0.2, 0.25) is 0 Å². The molecule has 1 saturated carbocycles. The van der Waals surface area contributed by atoms with Gasteiger partial charge in [-0.15, -0.1) is 0 Å². The van der Waals surface area contributed by atoms with Gasteiger partial charge < -0.3 is 41.2 Å². The maximum atomic E-state index is 14.1. The summed E-state index contributed by atoms with van der Waals surface area (Å²) in [6.45, 7) is 11.5. The fourth-order valence-electron chi connectivity index (χ4n) is 7.15. The van der Waals surface area contributed by atoms with E-state index in [-0.39, 0.29) is 31.6 Å². The molecule has 330 valence electrons. The number of benzene rings is 3. The van der Waals surface area contributed by atoms with Crippen molar-refractivity contribution in [1.82, 2.24) is 21.3 Å². The fraction of sp³-hybridized carbons (Fsp3) is 0.500. The number of esters is 2. The lowest BCUT2D eigenvalue weighted by Gasteiger charge is -2.38. The highest BCUT2D eigenvalue weighted by atomic mass is 16.6. The van der Waals surface area contributed by atoms with E-state index in [9.17, 15) is 33.6 Å². The van der Waals surface area contributed by atoms with E-state index < -0.39 is 82.8 Å². The summed E-state index contributed by atoms with van der Waals surface area (Å²) in [5.41, 5.74) is 3.99. The number of amides is 5. The van der Waals surface area contributed by atoms with Crippen LogP contribution in [0.4, 0.5) is 0 Å². The third kappa shape index (κ3) is 14.9. The van der Waals surface area contributed by atoms with Crippen molar-refractivity contribution in [3.8, 4) is 5.75 Å². The van der Waals surface area contributed by atoms with Crippen LogP contribution in [0.3, 0.4) is 0 Å². The van der Waals surface area contributed by atoms with Gasteiger partial charge in [-0.3, -0.25) is 24.0 Å². The van der Waals surface area contributed by atoms with Gasteiger partial charge in [0, 0.05) is 19.9 Å². The van der Waals surface area contributed by atoms with Gasteiger partial charge in [0.2, 0.25) is 29.5 Å². The summed E-state index contributed by atoms with van der Waals surface area (Å²) >= 11 is 0. The second-order valence-corrected chi connectivity index (χ2v) is 17.5. The van der Waals surface area contributed by atoms with E-state index in [0.29, 0.717) is 31.2 Å². The van der Waals surface area contributed by atoms with Crippen LogP contribution in [0.15, 0.2) is 66.7 Å². The number of fused-ring (bicyclic) bond motifs is 1. The van der Waals surface area contributed by atoms with E-state index in [0.717, 1.165) is 22.8 Å². The molecular formula is C46H61N5O10. The van der Waals surface area contributed by atoms with Crippen LogP contribution in [-0.2, 0) is 55.9 Å². The van der Waals surface area contributed by atoms with Crippen molar-refractivity contribution in [2.45, 2.75) is 141 Å². The van der Waals surface area contributed by atoms with E-state index in [4.69, 9.17) is 19.9 Å². The van der Waals surface area contributed by atoms with E-state index in [1.165, 1.54) is 19.1 Å². The minimum Gasteiger partial charge on any atom is -0.467 e. The Hall–Kier alpha value is -5.99. The van der Waals surface area contributed by atoms with E-state index in [1.807, 2.05) is 36.4 Å². The Labute approximate surface area is 357 Å². The summed E-state index contributed by atoms with van der Waals surface area (Å²) in [4.78, 5) is 92.0. The molecule has 5 amide bonds. The molecule has 3 aromatic carbocycles. The first-order valence-corrected chi connectivity index (χ1v) is 20.8. The number of aryl methyl sites for hydroxylation is 1. The SMILES string of the molecule is CC(=O)N[C@@H](Cc1ccc(OC(C(=O)OC(C)(C)C)C(=O)OC(C)(C)C)cc1)C(=O)NC1(C(=O)N[C@@H](CC(N)=O)C(=O)NCCCc2cccc3ccccc23)CCCCC1. The number of hydrogen-bond acceptors (Lipinski definition) is 10. The smallest absolute Gasteiger partial charge is 0.359 e. The molecule has 61 heavy (non-hydrogen) atoms. The zero-order chi connectivity index (χ0) is 45.0. The van der Waals surface area contributed by atoms with Gasteiger partial charge in [0.25, 0.3) is 6.10 Å². The van der Waals surface area contributed by atoms with Crippen molar-refractivity contribution in [3.05, 3.63) is 77.9 Å². The first-order valence-electron chi connectivity index (χ1n) is 20.8. The maximum Gasteiger partial charge on any atom is 0.359 e. The van der Waals surface area contributed by atoms with Gasteiger partial charge in [0.15, 0.2) is 0 Å². The summed E-state index contributed by atoms with van der Waals surface area (Å²) in [6, 6.07) is 17.9. The van der Waals surface area contributed by atoms with Crippen molar-refractivity contribution in [3.63, 3.8) is 0 Å². The predicted octanol–water partition coefficient (Wildman–Crippen LogP) is 4.25. The summed E-state index contributed by atoms with van der Waals surface area (Å²) in [7, 11) is 0. The molecule has 15 nitrogen and oxygen atoms in total. The molecule has 0 spiro atoms. The molecular weight excluding hydrogens is 783 g/mol. The summed E-state index contributed by atoms with van der Waals surface area (Å²) in [5, 5.41) is 13.3. The Morgan fingerprint density at radius 3 is 1.93 bits per heavy atom. The Morgan fingerprint density at radius 2 is 1.34 bits per heavy atom. The average molecular weight is 844 g/mol. The van der Waals surface area contributed by atoms with Crippen molar-refractivity contribution in [2.75, 3.05) is 6.54 Å². The fourth-order valence-corrected chi connectivity index (χ4v) is 7.15. The van der Waals surface area contributed by atoms with E-state index >= 15 is 0 Å². The van der Waals surface area contributed by atoms with Gasteiger partial charge in [-0.25, -0.2) is 9.59 Å². The lowest BCUT2D eigenvalue weighted by atomic mass is 9.80. The zero-order valence-corrected chi connectivity index (χ0v) is 36.3. The maximum absolute atomic E-state index is 14.1. The summed E-state index contributed by atoms with van der Waals surface area (Å²) in [6.07, 6.45) is 1.68. The third-order valence-corrected chi connectivity index (χ3v) is 9.89. The molecule has 1 aliphatic rings. The number of nitrogens with two attached hydrogens (primary N) is 1. The van der Waals surface area contributed by atoms with Gasteiger partial charge in [-0.2, -0.15) is 0 Å². The third-order valence-electron chi connectivity index (χ3n) is 9.89. The largest absolute Gasteiger partial charge is 0.467 e. The minimum atomic E-state index is -1.71. The van der Waals surface area contributed by atoms with Crippen molar-refractivity contribution < 1.29 is 47.8 Å². The first kappa shape index (κ1) is 47.7. The molecule has 0 radical (unpaired) electrons. The van der Waals surface area contributed by atoms with Gasteiger partial charge in [-0.1, -0.05) is 73.9 Å². The lowest BCUT2D eigenvalue weighted by Crippen LogP contribution is -2.65. The molecule has 2 atom stereocenters. The Morgan fingerprint density at radius 1 is 0.738 bits per heavy atom. The molecule has 1 aliphatic carbocycles. The van der Waals surface area contributed by atoms with Crippen LogP contribution < -0.4 is 31.7 Å². The van der Waals surface area contributed by atoms with E-state index in [1.54, 1.807) is 53.7 Å². The first-order chi connectivity index (χ1) is 28.6. The second kappa shape index (κ2) is 21.0. The van der Waals surface area contributed by atoms with Crippen molar-refractivity contribution >= 4 is 52.2 Å². The average Bonchev–Trinajstić information content (AvgIpc) is 3.17. The van der Waals surface area contributed by atoms with Crippen molar-refractivity contribution in [2.24, 2.45) is 5.73 Å². The Balaban J connectivity index is 1.45. The van der Waals surface area contributed by atoms with Gasteiger partial charge in [0.1, 0.15) is 34.6 Å². The van der Waals surface area contributed by atoms with Crippen LogP contribution in [0.5, 0.6) is 5.75 Å². The Kier molecular flexibility index (Phi) is 16.4. The van der Waals surface area contributed by atoms with Crippen LogP contribution in [0, 0.1) is 0 Å². The normalized spacial score (nSPS) is 14.8. The highest BCUT2D eigenvalue weighted by Gasteiger charge is 2.44. The molecule has 6 N–H and O–H groups in total. The molecule has 0 aliphatic heterocycles. The number of carbonyl (C=O) groups is 7. The molecule has 1 fully saturated rings. The summed E-state index contributed by atoms with van der Waals surface area (Å²) in [5.74, 6) is -4.83. The zero-order valence-electron chi connectivity index (χ0n) is 36.3. The minimum absolute atomic E-state index is 0.00354. The highest BCUT2D eigenvalue weighted by Crippen LogP contribution is 2.29. The van der Waals surface area contributed by atoms with Crippen LogP contribution in [0.25, 0.3) is 10.8 Å². The van der Waals surface area contributed by atoms with Gasteiger partial charge in [-0.05, 0) is 101 Å². The van der Waals surface area contributed by atoms with E-state index in [2.05, 4.69) is 27.3 Å². The second-order valence-electron chi connectivity index (χ2n) is 17.5. The number of ether oxygens (including phenoxy) is 3. The van der Waals surface area contributed by atoms with Crippen LogP contribution in [0.1, 0.15) is 105 Å². The molecule has 0 saturated heterocycles.